The van der Waals surface area contributed by atoms with Gasteiger partial charge in [0, 0.05) is 23.8 Å². The lowest BCUT2D eigenvalue weighted by molar-refractivity contribution is -0.137. The second-order valence-corrected chi connectivity index (χ2v) is 6.73. The third-order valence-electron chi connectivity index (χ3n) is 4.66. The van der Waals surface area contributed by atoms with Crippen LogP contribution in [0, 0.1) is 5.82 Å². The van der Waals surface area contributed by atoms with Crippen molar-refractivity contribution in [3.63, 3.8) is 0 Å². The SMILES string of the molecule is CC(C)N(CCC(=O)O)C(=O)c1nn(-c2ccccc2F)c2c1CCC2. The van der Waals surface area contributed by atoms with Gasteiger partial charge in [0.1, 0.15) is 11.5 Å². The summed E-state index contributed by atoms with van der Waals surface area (Å²) in [5, 5.41) is 13.4. The number of hydrogen-bond donors (Lipinski definition) is 1. The van der Waals surface area contributed by atoms with E-state index in [-0.39, 0.29) is 24.9 Å². The molecule has 1 aromatic heterocycles. The molecule has 1 aliphatic carbocycles. The van der Waals surface area contributed by atoms with E-state index in [1.165, 1.54) is 15.6 Å². The average molecular weight is 359 g/mol. The van der Waals surface area contributed by atoms with Gasteiger partial charge in [-0.25, -0.2) is 9.07 Å². The number of rotatable bonds is 6. The molecule has 7 heteroatoms. The van der Waals surface area contributed by atoms with Crippen molar-refractivity contribution in [2.45, 2.75) is 45.6 Å². The van der Waals surface area contributed by atoms with Crippen LogP contribution < -0.4 is 0 Å². The Bertz CT molecular complexity index is 845. The minimum Gasteiger partial charge on any atom is -0.481 e. The van der Waals surface area contributed by atoms with Gasteiger partial charge >= 0.3 is 5.97 Å². The minimum atomic E-state index is -0.953. The van der Waals surface area contributed by atoms with E-state index in [9.17, 15) is 14.0 Å². The number of para-hydroxylation sites is 1. The molecule has 0 fully saturated rings. The number of nitrogens with zero attached hydrogens (tertiary/aromatic N) is 3. The fourth-order valence-electron chi connectivity index (χ4n) is 3.38. The molecule has 0 atom stereocenters. The zero-order valence-corrected chi connectivity index (χ0v) is 14.9. The molecule has 0 spiro atoms. The number of carbonyl (C=O) groups is 2. The Hall–Kier alpha value is -2.70. The molecule has 1 aromatic carbocycles. The lowest BCUT2D eigenvalue weighted by Gasteiger charge is -2.25. The molecule has 1 heterocycles. The Morgan fingerprint density at radius 2 is 2.04 bits per heavy atom. The first-order valence-corrected chi connectivity index (χ1v) is 8.78. The second-order valence-electron chi connectivity index (χ2n) is 6.73. The molecule has 0 bridgehead atoms. The predicted molar refractivity (Wildman–Crippen MR) is 94.0 cm³/mol. The first-order chi connectivity index (χ1) is 12.4. The zero-order chi connectivity index (χ0) is 18.8. The van der Waals surface area contributed by atoms with Gasteiger partial charge in [-0.05, 0) is 45.2 Å². The van der Waals surface area contributed by atoms with Crippen LogP contribution in [0.4, 0.5) is 4.39 Å². The first kappa shape index (κ1) is 18.1. The van der Waals surface area contributed by atoms with E-state index < -0.39 is 11.8 Å². The minimum absolute atomic E-state index is 0.118. The molecule has 3 rings (SSSR count). The highest BCUT2D eigenvalue weighted by Crippen LogP contribution is 2.29. The Labute approximate surface area is 151 Å². The van der Waals surface area contributed by atoms with Crippen LogP contribution in [0.2, 0.25) is 0 Å². The van der Waals surface area contributed by atoms with E-state index in [4.69, 9.17) is 5.11 Å². The zero-order valence-electron chi connectivity index (χ0n) is 14.9. The van der Waals surface area contributed by atoms with Crippen molar-refractivity contribution in [1.82, 2.24) is 14.7 Å². The van der Waals surface area contributed by atoms with E-state index >= 15 is 0 Å². The highest BCUT2D eigenvalue weighted by Gasteiger charge is 2.31. The van der Waals surface area contributed by atoms with Crippen molar-refractivity contribution in [3.05, 3.63) is 47.0 Å². The maximum atomic E-state index is 14.2. The number of halogens is 1. The van der Waals surface area contributed by atoms with Crippen LogP contribution in [0.15, 0.2) is 24.3 Å². The molecule has 1 N–H and O–H groups in total. The summed E-state index contributed by atoms with van der Waals surface area (Å²) in [5.74, 6) is -1.64. The van der Waals surface area contributed by atoms with Crippen molar-refractivity contribution in [3.8, 4) is 5.69 Å². The van der Waals surface area contributed by atoms with Gasteiger partial charge < -0.3 is 10.0 Å². The third kappa shape index (κ3) is 3.34. The molecule has 0 radical (unpaired) electrons. The van der Waals surface area contributed by atoms with Gasteiger partial charge in [0.05, 0.1) is 6.42 Å². The average Bonchev–Trinajstić information content (AvgIpc) is 3.17. The van der Waals surface area contributed by atoms with Gasteiger partial charge in [-0.15, -0.1) is 0 Å². The molecule has 0 saturated heterocycles. The summed E-state index contributed by atoms with van der Waals surface area (Å²) < 4.78 is 15.8. The fraction of sp³-hybridized carbons (Fsp3) is 0.421. The summed E-state index contributed by atoms with van der Waals surface area (Å²) >= 11 is 0. The maximum absolute atomic E-state index is 14.2. The number of amides is 1. The van der Waals surface area contributed by atoms with E-state index in [2.05, 4.69) is 5.10 Å². The molecule has 1 aliphatic rings. The predicted octanol–water partition coefficient (Wildman–Crippen LogP) is 2.83. The number of carbonyl (C=O) groups excluding carboxylic acids is 1. The van der Waals surface area contributed by atoms with Gasteiger partial charge in [0.2, 0.25) is 0 Å². The van der Waals surface area contributed by atoms with Crippen LogP contribution in [0.1, 0.15) is 48.4 Å². The number of hydrogen-bond acceptors (Lipinski definition) is 3. The summed E-state index contributed by atoms with van der Waals surface area (Å²) in [6.45, 7) is 3.80. The van der Waals surface area contributed by atoms with Crippen molar-refractivity contribution in [1.29, 1.82) is 0 Å². The number of aromatic nitrogens is 2. The van der Waals surface area contributed by atoms with Crippen molar-refractivity contribution < 1.29 is 19.1 Å². The summed E-state index contributed by atoms with van der Waals surface area (Å²) in [6, 6.07) is 6.20. The maximum Gasteiger partial charge on any atom is 0.305 e. The quantitative estimate of drug-likeness (QED) is 0.861. The number of benzene rings is 1. The molecule has 1 amide bonds. The van der Waals surface area contributed by atoms with Crippen LogP contribution in [0.5, 0.6) is 0 Å². The van der Waals surface area contributed by atoms with Crippen molar-refractivity contribution >= 4 is 11.9 Å². The Morgan fingerprint density at radius 1 is 1.31 bits per heavy atom. The largest absolute Gasteiger partial charge is 0.481 e. The van der Waals surface area contributed by atoms with Crippen LogP contribution in [-0.2, 0) is 17.6 Å². The number of fused-ring (bicyclic) bond motifs is 1. The second kappa shape index (κ2) is 7.27. The monoisotopic (exact) mass is 359 g/mol. The Morgan fingerprint density at radius 3 is 2.69 bits per heavy atom. The molecule has 2 aromatic rings. The molecule has 6 nitrogen and oxygen atoms in total. The number of carboxylic acids is 1. The lowest BCUT2D eigenvalue weighted by Crippen LogP contribution is -2.39. The van der Waals surface area contributed by atoms with E-state index in [0.717, 1.165) is 30.5 Å². The van der Waals surface area contributed by atoms with Crippen molar-refractivity contribution in [2.24, 2.45) is 0 Å². The molecule has 26 heavy (non-hydrogen) atoms. The fourth-order valence-corrected chi connectivity index (χ4v) is 3.38. The molecular weight excluding hydrogens is 337 g/mol. The highest BCUT2D eigenvalue weighted by molar-refractivity contribution is 5.94. The molecule has 0 unspecified atom stereocenters. The molecular formula is C19H22FN3O3. The van der Waals surface area contributed by atoms with Gasteiger partial charge in [0.25, 0.3) is 5.91 Å². The Balaban J connectivity index is 2.00. The molecule has 138 valence electrons. The topological polar surface area (TPSA) is 75.4 Å². The summed E-state index contributed by atoms with van der Waals surface area (Å²) in [7, 11) is 0. The van der Waals surface area contributed by atoms with Gasteiger partial charge in [-0.1, -0.05) is 12.1 Å². The van der Waals surface area contributed by atoms with Crippen LogP contribution >= 0.6 is 0 Å². The van der Waals surface area contributed by atoms with E-state index in [0.29, 0.717) is 11.4 Å². The number of aliphatic carboxylic acids is 1. The van der Waals surface area contributed by atoms with E-state index in [1.54, 1.807) is 18.2 Å². The van der Waals surface area contributed by atoms with E-state index in [1.807, 2.05) is 13.8 Å². The smallest absolute Gasteiger partial charge is 0.305 e. The van der Waals surface area contributed by atoms with Gasteiger partial charge in [0.15, 0.2) is 5.69 Å². The summed E-state index contributed by atoms with van der Waals surface area (Å²) in [5.41, 5.74) is 2.34. The van der Waals surface area contributed by atoms with Crippen LogP contribution in [-0.4, -0.2) is 44.3 Å². The third-order valence-corrected chi connectivity index (χ3v) is 4.66. The highest BCUT2D eigenvalue weighted by atomic mass is 19.1. The standard InChI is InChI=1S/C19H22FN3O3/c1-12(2)22(11-10-17(24)25)19(26)18-13-6-5-9-15(13)23(21-18)16-8-4-3-7-14(16)20/h3-4,7-8,12H,5-6,9-11H2,1-2H3,(H,24,25). The normalized spacial score (nSPS) is 13.1. The van der Waals surface area contributed by atoms with Crippen LogP contribution in [0.25, 0.3) is 5.69 Å². The van der Waals surface area contributed by atoms with Crippen molar-refractivity contribution in [2.75, 3.05) is 6.54 Å². The molecule has 0 saturated carbocycles. The van der Waals surface area contributed by atoms with Gasteiger partial charge in [-0.3, -0.25) is 9.59 Å². The number of carboxylic acid groups (broad SMARTS) is 1. The first-order valence-electron chi connectivity index (χ1n) is 8.78. The van der Waals surface area contributed by atoms with Gasteiger partial charge in [-0.2, -0.15) is 5.10 Å². The Kier molecular flexibility index (Phi) is 5.06. The lowest BCUT2D eigenvalue weighted by atomic mass is 10.1. The summed E-state index contributed by atoms with van der Waals surface area (Å²) in [6.07, 6.45) is 2.22. The molecule has 0 aliphatic heterocycles. The van der Waals surface area contributed by atoms with Crippen LogP contribution in [0.3, 0.4) is 0 Å². The summed E-state index contributed by atoms with van der Waals surface area (Å²) in [4.78, 5) is 25.5.